The number of anilines is 1. The van der Waals surface area contributed by atoms with Crippen molar-refractivity contribution in [2.24, 2.45) is 0 Å². The first-order valence-corrected chi connectivity index (χ1v) is 11.6. The smallest absolute Gasteiger partial charge is 0.250 e. The highest BCUT2D eigenvalue weighted by atomic mass is 32.1. The van der Waals surface area contributed by atoms with Gasteiger partial charge < -0.3 is 10.0 Å². The Morgan fingerprint density at radius 1 is 1.21 bits per heavy atom. The van der Waals surface area contributed by atoms with Gasteiger partial charge in [0.25, 0.3) is 5.92 Å². The fourth-order valence-corrected chi connectivity index (χ4v) is 5.88. The Bertz CT molecular complexity index is 904. The van der Waals surface area contributed by atoms with E-state index >= 15 is 0 Å². The molecule has 1 aliphatic heterocycles. The number of hydrogen-bond donors (Lipinski definition) is 1. The number of nitrogens with zero attached hydrogens (tertiary/aromatic N) is 4. The number of aliphatic hydroxyl groups is 1. The van der Waals surface area contributed by atoms with Crippen molar-refractivity contribution in [2.45, 2.75) is 76.0 Å². The molecule has 0 aromatic carbocycles. The van der Waals surface area contributed by atoms with Crippen molar-refractivity contribution in [3.63, 3.8) is 0 Å². The quantitative estimate of drug-likeness (QED) is 0.795. The Labute approximate surface area is 173 Å². The summed E-state index contributed by atoms with van der Waals surface area (Å²) in [5.74, 6) is -1.00. The lowest BCUT2D eigenvalue weighted by molar-refractivity contribution is -0.0945. The van der Waals surface area contributed by atoms with Crippen LogP contribution in [0.5, 0.6) is 0 Å². The van der Waals surface area contributed by atoms with Gasteiger partial charge in [0.1, 0.15) is 22.7 Å². The molecule has 1 unspecified atom stereocenters. The van der Waals surface area contributed by atoms with Crippen molar-refractivity contribution in [3.05, 3.63) is 16.3 Å². The van der Waals surface area contributed by atoms with Crippen LogP contribution in [0.3, 0.4) is 0 Å². The zero-order chi connectivity index (χ0) is 20.2. The van der Waals surface area contributed by atoms with Crippen LogP contribution in [0, 0.1) is 0 Å². The molecular formula is C21H28F2N4OS. The molecule has 0 radical (unpaired) electrons. The van der Waals surface area contributed by atoms with E-state index in [2.05, 4.69) is 11.9 Å². The number of piperidine rings is 1. The molecule has 3 aliphatic rings. The van der Waals surface area contributed by atoms with E-state index in [9.17, 15) is 13.9 Å². The third kappa shape index (κ3) is 3.86. The zero-order valence-corrected chi connectivity index (χ0v) is 17.6. The predicted octanol–water partition coefficient (Wildman–Crippen LogP) is 3.76. The molecule has 3 heterocycles. The van der Waals surface area contributed by atoms with Gasteiger partial charge in [0, 0.05) is 50.3 Å². The Balaban J connectivity index is 1.45. The molecule has 5 nitrogen and oxygen atoms in total. The van der Waals surface area contributed by atoms with Crippen LogP contribution in [0.15, 0.2) is 0 Å². The number of aromatic nitrogens is 2. The first kappa shape index (κ1) is 19.6. The molecule has 0 spiro atoms. The van der Waals surface area contributed by atoms with Gasteiger partial charge in [-0.05, 0) is 44.1 Å². The Morgan fingerprint density at radius 3 is 2.66 bits per heavy atom. The predicted molar refractivity (Wildman–Crippen MR) is 111 cm³/mol. The molecule has 2 aromatic heterocycles. The lowest BCUT2D eigenvalue weighted by atomic mass is 9.97. The summed E-state index contributed by atoms with van der Waals surface area (Å²) in [6.45, 7) is 0.414. The van der Waals surface area contributed by atoms with E-state index < -0.39 is 12.2 Å². The number of thiophene rings is 1. The van der Waals surface area contributed by atoms with Gasteiger partial charge in [-0.15, -0.1) is 11.3 Å². The van der Waals surface area contributed by atoms with Gasteiger partial charge >= 0.3 is 0 Å². The number of aliphatic hydroxyl groups excluding tert-OH is 1. The third-order valence-corrected chi connectivity index (χ3v) is 7.77. The van der Waals surface area contributed by atoms with Crippen LogP contribution < -0.4 is 4.90 Å². The molecule has 5 rings (SSSR count). The summed E-state index contributed by atoms with van der Waals surface area (Å²) in [4.78, 5) is 16.2. The SMILES string of the molecule is CN(c1nc(CC(O)N2CCC(F)(F)CC2)nc2sc3c(c12)CCCC3)C1CC1. The van der Waals surface area contributed by atoms with Crippen molar-refractivity contribution in [2.75, 3.05) is 25.0 Å². The lowest BCUT2D eigenvalue weighted by Gasteiger charge is -2.34. The average molecular weight is 423 g/mol. The molecule has 29 heavy (non-hydrogen) atoms. The normalized spacial score (nSPS) is 23.2. The summed E-state index contributed by atoms with van der Waals surface area (Å²) in [6, 6.07) is 0.536. The summed E-state index contributed by atoms with van der Waals surface area (Å²) in [7, 11) is 2.11. The minimum absolute atomic E-state index is 0.197. The fourth-order valence-electron chi connectivity index (χ4n) is 4.60. The van der Waals surface area contributed by atoms with Gasteiger partial charge in [-0.2, -0.15) is 0 Å². The van der Waals surface area contributed by atoms with Gasteiger partial charge in [-0.1, -0.05) is 0 Å². The summed E-state index contributed by atoms with van der Waals surface area (Å²) in [6.07, 6.45) is 6.08. The molecule has 1 saturated carbocycles. The third-order valence-electron chi connectivity index (χ3n) is 6.59. The molecule has 1 N–H and O–H groups in total. The van der Waals surface area contributed by atoms with Crippen molar-refractivity contribution >= 4 is 27.4 Å². The second-order valence-electron chi connectivity index (χ2n) is 8.77. The first-order valence-electron chi connectivity index (χ1n) is 10.8. The highest BCUT2D eigenvalue weighted by Gasteiger charge is 2.36. The Hall–Kier alpha value is -1.38. The zero-order valence-electron chi connectivity index (χ0n) is 16.8. The molecule has 0 amide bonds. The Kier molecular flexibility index (Phi) is 4.99. The molecule has 1 atom stereocenters. The molecule has 1 saturated heterocycles. The minimum Gasteiger partial charge on any atom is -0.378 e. The van der Waals surface area contributed by atoms with E-state index in [4.69, 9.17) is 9.97 Å². The number of alkyl halides is 2. The van der Waals surface area contributed by atoms with Crippen LogP contribution in [0.1, 0.15) is 54.8 Å². The molecule has 2 fully saturated rings. The minimum atomic E-state index is -2.61. The summed E-state index contributed by atoms with van der Waals surface area (Å²) in [5.41, 5.74) is 1.42. The second kappa shape index (κ2) is 7.39. The van der Waals surface area contributed by atoms with Crippen molar-refractivity contribution < 1.29 is 13.9 Å². The maximum absolute atomic E-state index is 13.4. The van der Waals surface area contributed by atoms with Crippen LogP contribution >= 0.6 is 11.3 Å². The van der Waals surface area contributed by atoms with E-state index in [-0.39, 0.29) is 32.4 Å². The second-order valence-corrected chi connectivity index (χ2v) is 9.86. The summed E-state index contributed by atoms with van der Waals surface area (Å²) in [5, 5.41) is 11.9. The van der Waals surface area contributed by atoms with Gasteiger partial charge in [0.05, 0.1) is 5.39 Å². The molecular weight excluding hydrogens is 394 g/mol. The van der Waals surface area contributed by atoms with E-state index in [1.165, 1.54) is 41.5 Å². The van der Waals surface area contributed by atoms with E-state index in [0.29, 0.717) is 11.9 Å². The number of halogens is 2. The van der Waals surface area contributed by atoms with Gasteiger partial charge in [-0.25, -0.2) is 18.7 Å². The monoisotopic (exact) mass is 422 g/mol. The average Bonchev–Trinajstić information content (AvgIpc) is 3.47. The van der Waals surface area contributed by atoms with E-state index in [1.54, 1.807) is 16.2 Å². The summed E-state index contributed by atoms with van der Waals surface area (Å²) < 4.78 is 26.9. The molecule has 0 bridgehead atoms. The first-order chi connectivity index (χ1) is 13.9. The van der Waals surface area contributed by atoms with Gasteiger partial charge in [-0.3, -0.25) is 4.90 Å². The van der Waals surface area contributed by atoms with Crippen LogP contribution in [0.25, 0.3) is 10.2 Å². The largest absolute Gasteiger partial charge is 0.378 e. The standard InChI is InChI=1S/C21H28F2N4OS/c1-26(13-6-7-13)19-18-14-4-2-3-5-15(14)29-20(18)25-16(24-19)12-17(28)27-10-8-21(22,23)9-11-27/h13,17,28H,2-12H2,1H3. The molecule has 158 valence electrons. The maximum Gasteiger partial charge on any atom is 0.250 e. The summed E-state index contributed by atoms with van der Waals surface area (Å²) >= 11 is 1.77. The van der Waals surface area contributed by atoms with Crippen LogP contribution in [-0.2, 0) is 19.3 Å². The van der Waals surface area contributed by atoms with Crippen molar-refractivity contribution in [1.82, 2.24) is 14.9 Å². The number of fused-ring (bicyclic) bond motifs is 3. The highest BCUT2D eigenvalue weighted by molar-refractivity contribution is 7.19. The van der Waals surface area contributed by atoms with Crippen LogP contribution in [0.2, 0.25) is 0 Å². The molecule has 8 heteroatoms. The van der Waals surface area contributed by atoms with Crippen LogP contribution in [0.4, 0.5) is 14.6 Å². The topological polar surface area (TPSA) is 52.5 Å². The lowest BCUT2D eigenvalue weighted by Crippen LogP contribution is -2.46. The highest BCUT2D eigenvalue weighted by Crippen LogP contribution is 2.42. The maximum atomic E-state index is 13.4. The van der Waals surface area contributed by atoms with E-state index in [0.717, 1.165) is 23.5 Å². The van der Waals surface area contributed by atoms with E-state index in [1.807, 2.05) is 0 Å². The number of hydrogen-bond acceptors (Lipinski definition) is 6. The van der Waals surface area contributed by atoms with Gasteiger partial charge in [0.2, 0.25) is 0 Å². The number of aryl methyl sites for hydroxylation is 2. The van der Waals surface area contributed by atoms with Gasteiger partial charge in [0.15, 0.2) is 0 Å². The number of rotatable bonds is 5. The molecule has 2 aromatic rings. The van der Waals surface area contributed by atoms with Crippen molar-refractivity contribution in [1.29, 1.82) is 0 Å². The molecule has 2 aliphatic carbocycles. The fraction of sp³-hybridized carbons (Fsp3) is 0.714. The van der Waals surface area contributed by atoms with Crippen LogP contribution in [-0.4, -0.2) is 58.3 Å². The number of likely N-dealkylation sites (tertiary alicyclic amines) is 1. The van der Waals surface area contributed by atoms with Crippen molar-refractivity contribution in [3.8, 4) is 0 Å². The Morgan fingerprint density at radius 2 is 1.93 bits per heavy atom.